The first-order valence-electron chi connectivity index (χ1n) is 10.7. The molecule has 0 aliphatic heterocycles. The summed E-state index contributed by atoms with van der Waals surface area (Å²) in [5.74, 6) is -0.894. The number of hydrogen-bond donors (Lipinski definition) is 0. The fourth-order valence-corrected chi connectivity index (χ4v) is 3.61. The van der Waals surface area contributed by atoms with Gasteiger partial charge in [0.05, 0.1) is 28.0 Å². The Balaban J connectivity index is 1.48. The van der Waals surface area contributed by atoms with Crippen molar-refractivity contribution in [1.29, 1.82) is 0 Å². The maximum Gasteiger partial charge on any atom is 0.338 e. The predicted molar refractivity (Wildman–Crippen MR) is 129 cm³/mol. The van der Waals surface area contributed by atoms with Gasteiger partial charge in [0.2, 0.25) is 0 Å². The first kappa shape index (κ1) is 21.2. The van der Waals surface area contributed by atoms with Crippen LogP contribution >= 0.6 is 0 Å². The molecule has 0 fully saturated rings. The van der Waals surface area contributed by atoms with Gasteiger partial charge >= 0.3 is 5.97 Å². The summed E-state index contributed by atoms with van der Waals surface area (Å²) in [6.07, 6.45) is 3.04. The van der Waals surface area contributed by atoms with Gasteiger partial charge in [-0.15, -0.1) is 0 Å². The third kappa shape index (κ3) is 4.42. The second-order valence-corrected chi connectivity index (χ2v) is 7.59. The van der Waals surface area contributed by atoms with Gasteiger partial charge in [0.15, 0.2) is 12.4 Å². The van der Waals surface area contributed by atoms with Gasteiger partial charge in [-0.05, 0) is 30.3 Å². The Hall–Kier alpha value is -4.71. The minimum atomic E-state index is -0.598. The highest BCUT2D eigenvalue weighted by Crippen LogP contribution is 2.31. The highest BCUT2D eigenvalue weighted by atomic mass is 16.5. The molecule has 5 aromatic rings. The van der Waals surface area contributed by atoms with E-state index < -0.39 is 5.97 Å². The molecule has 0 atom stereocenters. The Morgan fingerprint density at radius 3 is 1.85 bits per heavy atom. The molecule has 0 radical (unpaired) electrons. The molecule has 164 valence electrons. The summed E-state index contributed by atoms with van der Waals surface area (Å²) < 4.78 is 5.24. The van der Waals surface area contributed by atoms with E-state index in [9.17, 15) is 9.59 Å². The number of fused-ring (bicyclic) bond motifs is 1. The third-order valence-electron chi connectivity index (χ3n) is 5.33. The monoisotopic (exact) mass is 445 g/mol. The first-order valence-corrected chi connectivity index (χ1v) is 10.7. The van der Waals surface area contributed by atoms with Gasteiger partial charge in [-0.2, -0.15) is 0 Å². The van der Waals surface area contributed by atoms with Crippen LogP contribution in [-0.4, -0.2) is 33.3 Å². The molecule has 3 aromatic carbocycles. The number of carbonyl (C=O) groups is 2. The van der Waals surface area contributed by atoms with Crippen molar-refractivity contribution in [2.24, 2.45) is 0 Å². The Morgan fingerprint density at radius 2 is 1.24 bits per heavy atom. The molecule has 5 rings (SSSR count). The molecule has 2 aromatic heterocycles. The third-order valence-corrected chi connectivity index (χ3v) is 5.33. The number of carbonyl (C=O) groups excluding carboxylic acids is 2. The van der Waals surface area contributed by atoms with Crippen molar-refractivity contribution in [3.05, 3.63) is 115 Å². The molecule has 6 nitrogen and oxygen atoms in total. The second kappa shape index (κ2) is 9.42. The van der Waals surface area contributed by atoms with Crippen molar-refractivity contribution in [2.45, 2.75) is 0 Å². The largest absolute Gasteiger partial charge is 0.454 e. The summed E-state index contributed by atoms with van der Waals surface area (Å²) >= 11 is 0. The lowest BCUT2D eigenvalue weighted by molar-refractivity contribution is 0.0475. The summed E-state index contributed by atoms with van der Waals surface area (Å²) in [5.41, 5.74) is 5.32. The first-order chi connectivity index (χ1) is 16.7. The smallest absolute Gasteiger partial charge is 0.338 e. The Morgan fingerprint density at radius 1 is 0.647 bits per heavy atom. The van der Waals surface area contributed by atoms with Gasteiger partial charge in [-0.25, -0.2) is 14.8 Å². The molecule has 0 bridgehead atoms. The Bertz CT molecular complexity index is 1470. The van der Waals surface area contributed by atoms with Crippen LogP contribution in [0.25, 0.3) is 33.5 Å². The van der Waals surface area contributed by atoms with E-state index in [0.717, 1.165) is 22.5 Å². The number of nitrogens with zero attached hydrogens (tertiary/aromatic N) is 3. The van der Waals surface area contributed by atoms with Crippen LogP contribution < -0.4 is 0 Å². The second-order valence-electron chi connectivity index (χ2n) is 7.59. The fourth-order valence-electron chi connectivity index (χ4n) is 3.61. The van der Waals surface area contributed by atoms with E-state index >= 15 is 0 Å². The molecule has 34 heavy (non-hydrogen) atoms. The van der Waals surface area contributed by atoms with E-state index in [-0.39, 0.29) is 12.4 Å². The van der Waals surface area contributed by atoms with Gasteiger partial charge in [0, 0.05) is 29.1 Å². The molecule has 0 amide bonds. The zero-order valence-corrected chi connectivity index (χ0v) is 18.1. The predicted octanol–water partition coefficient (Wildman–Crippen LogP) is 5.40. The number of hydrogen-bond acceptors (Lipinski definition) is 6. The van der Waals surface area contributed by atoms with Crippen molar-refractivity contribution in [2.75, 3.05) is 6.61 Å². The van der Waals surface area contributed by atoms with Gasteiger partial charge in [-0.3, -0.25) is 9.78 Å². The average molecular weight is 445 g/mol. The van der Waals surface area contributed by atoms with Crippen LogP contribution in [0.3, 0.4) is 0 Å². The molecule has 0 saturated carbocycles. The molecule has 2 heterocycles. The van der Waals surface area contributed by atoms with Crippen molar-refractivity contribution in [3.8, 4) is 22.5 Å². The van der Waals surface area contributed by atoms with Crippen LogP contribution in [0.1, 0.15) is 20.7 Å². The van der Waals surface area contributed by atoms with E-state index in [0.29, 0.717) is 22.2 Å². The Kier molecular flexibility index (Phi) is 5.86. The number of ether oxygens (including phenoxy) is 1. The lowest BCUT2D eigenvalue weighted by atomic mass is 10.0. The quantitative estimate of drug-likeness (QED) is 0.257. The lowest BCUT2D eigenvalue weighted by Gasteiger charge is -2.11. The van der Waals surface area contributed by atoms with Gasteiger partial charge in [0.25, 0.3) is 0 Å². The summed E-state index contributed by atoms with van der Waals surface area (Å²) in [7, 11) is 0. The highest BCUT2D eigenvalue weighted by Gasteiger charge is 2.16. The molecular formula is C28H19N3O3. The van der Waals surface area contributed by atoms with Crippen LogP contribution in [0.15, 0.2) is 103 Å². The zero-order chi connectivity index (χ0) is 23.3. The number of esters is 1. The summed E-state index contributed by atoms with van der Waals surface area (Å²) in [5, 5.41) is 0. The topological polar surface area (TPSA) is 82.0 Å². The highest BCUT2D eigenvalue weighted by molar-refractivity contribution is 6.00. The SMILES string of the molecule is O=C(COC(=O)c1ccc2nc(-c3ccccc3)c(-c3ccccc3)nc2c1)c1ccncc1. The molecule has 6 heteroatoms. The average Bonchev–Trinajstić information content (AvgIpc) is 2.92. The fraction of sp³-hybridized carbons (Fsp3) is 0.0357. The molecule has 0 unspecified atom stereocenters. The van der Waals surface area contributed by atoms with E-state index in [2.05, 4.69) is 4.98 Å². The van der Waals surface area contributed by atoms with Crippen LogP contribution in [0.5, 0.6) is 0 Å². The lowest BCUT2D eigenvalue weighted by Crippen LogP contribution is -2.14. The van der Waals surface area contributed by atoms with Gasteiger partial charge < -0.3 is 4.74 Å². The maximum absolute atomic E-state index is 12.6. The van der Waals surface area contributed by atoms with Crippen molar-refractivity contribution in [1.82, 2.24) is 15.0 Å². The van der Waals surface area contributed by atoms with E-state index in [1.807, 2.05) is 60.7 Å². The Labute approximate surface area is 195 Å². The zero-order valence-electron chi connectivity index (χ0n) is 18.1. The number of ketones is 1. The van der Waals surface area contributed by atoms with Gasteiger partial charge in [-0.1, -0.05) is 60.7 Å². The number of aromatic nitrogens is 3. The minimum absolute atomic E-state index is 0.296. The summed E-state index contributed by atoms with van der Waals surface area (Å²) in [4.78, 5) is 38.5. The van der Waals surface area contributed by atoms with Crippen LogP contribution in [0.2, 0.25) is 0 Å². The van der Waals surface area contributed by atoms with E-state index in [4.69, 9.17) is 14.7 Å². The molecular weight excluding hydrogens is 426 g/mol. The summed E-state index contributed by atoms with van der Waals surface area (Å²) in [6.45, 7) is -0.352. The van der Waals surface area contributed by atoms with Crippen LogP contribution in [0, 0.1) is 0 Å². The molecule has 0 spiro atoms. The molecule has 0 saturated heterocycles. The van der Waals surface area contributed by atoms with Crippen molar-refractivity contribution in [3.63, 3.8) is 0 Å². The number of Topliss-reactive ketones (excluding diaryl/α,β-unsaturated/α-hetero) is 1. The van der Waals surface area contributed by atoms with E-state index in [1.165, 1.54) is 12.4 Å². The molecule has 0 aliphatic carbocycles. The van der Waals surface area contributed by atoms with Crippen molar-refractivity contribution < 1.29 is 14.3 Å². The number of rotatable bonds is 6. The normalized spacial score (nSPS) is 10.7. The standard InChI is InChI=1S/C28H19N3O3/c32-25(19-13-15-29-16-14-19)18-34-28(33)22-11-12-23-24(17-22)31-27(21-9-5-2-6-10-21)26(30-23)20-7-3-1-4-8-20/h1-17H,18H2. The number of pyridine rings is 1. The molecule has 0 N–H and O–H groups in total. The van der Waals surface area contributed by atoms with Crippen LogP contribution in [0.4, 0.5) is 0 Å². The van der Waals surface area contributed by atoms with E-state index in [1.54, 1.807) is 30.3 Å². The minimum Gasteiger partial charge on any atom is -0.454 e. The number of benzene rings is 3. The maximum atomic E-state index is 12.6. The summed E-state index contributed by atoms with van der Waals surface area (Å²) in [6, 6.07) is 27.8. The van der Waals surface area contributed by atoms with Gasteiger partial charge in [0.1, 0.15) is 0 Å². The van der Waals surface area contributed by atoms with Crippen molar-refractivity contribution >= 4 is 22.8 Å². The molecule has 0 aliphatic rings. The van der Waals surface area contributed by atoms with Crippen LogP contribution in [-0.2, 0) is 4.74 Å².